The first-order valence-corrected chi connectivity index (χ1v) is 6.62. The first-order valence-electron chi connectivity index (χ1n) is 6.62. The zero-order chi connectivity index (χ0) is 12.1. The molecule has 102 valence electrons. The van der Waals surface area contributed by atoms with E-state index >= 15 is 0 Å². The van der Waals surface area contributed by atoms with Gasteiger partial charge in [0.05, 0.1) is 0 Å². The van der Waals surface area contributed by atoms with Gasteiger partial charge in [0, 0.05) is 25.0 Å². The van der Waals surface area contributed by atoms with Crippen LogP contribution in [-0.4, -0.2) is 29.9 Å². The standard InChI is InChI=1S/C13H26N2O.ClH/c1-4-10(3)9-15(5-2)13(16)11-6-7-12(14)8-11;/h10-12H,4-9,14H2,1-3H3;1H. The molecule has 0 spiro atoms. The molecule has 1 amide bonds. The van der Waals surface area contributed by atoms with Gasteiger partial charge < -0.3 is 10.6 Å². The molecule has 0 radical (unpaired) electrons. The quantitative estimate of drug-likeness (QED) is 0.827. The Bertz CT molecular complexity index is 235. The number of hydrogen-bond donors (Lipinski definition) is 1. The molecule has 0 aromatic carbocycles. The Morgan fingerprint density at radius 1 is 1.41 bits per heavy atom. The lowest BCUT2D eigenvalue weighted by Gasteiger charge is -2.26. The molecule has 3 unspecified atom stereocenters. The van der Waals surface area contributed by atoms with Crippen LogP contribution in [0, 0.1) is 11.8 Å². The molecule has 4 heteroatoms. The van der Waals surface area contributed by atoms with Crippen molar-refractivity contribution in [2.24, 2.45) is 17.6 Å². The maximum atomic E-state index is 12.2. The van der Waals surface area contributed by atoms with Crippen molar-refractivity contribution in [2.45, 2.75) is 52.5 Å². The molecule has 0 saturated heterocycles. The van der Waals surface area contributed by atoms with Crippen LogP contribution < -0.4 is 5.73 Å². The molecular weight excluding hydrogens is 236 g/mol. The van der Waals surface area contributed by atoms with Crippen LogP contribution in [0.5, 0.6) is 0 Å². The second-order valence-electron chi connectivity index (χ2n) is 5.16. The Morgan fingerprint density at radius 3 is 2.47 bits per heavy atom. The van der Waals surface area contributed by atoms with E-state index in [1.165, 1.54) is 0 Å². The van der Waals surface area contributed by atoms with Crippen molar-refractivity contribution in [1.29, 1.82) is 0 Å². The number of rotatable bonds is 5. The van der Waals surface area contributed by atoms with Gasteiger partial charge in [-0.25, -0.2) is 0 Å². The van der Waals surface area contributed by atoms with Crippen molar-refractivity contribution >= 4 is 18.3 Å². The number of carbonyl (C=O) groups excluding carboxylic acids is 1. The van der Waals surface area contributed by atoms with Gasteiger partial charge in [-0.3, -0.25) is 4.79 Å². The van der Waals surface area contributed by atoms with Crippen molar-refractivity contribution in [3.05, 3.63) is 0 Å². The molecule has 1 fully saturated rings. The first-order chi connectivity index (χ1) is 7.58. The highest BCUT2D eigenvalue weighted by molar-refractivity contribution is 5.85. The summed E-state index contributed by atoms with van der Waals surface area (Å²) in [7, 11) is 0. The topological polar surface area (TPSA) is 46.3 Å². The number of nitrogens with zero attached hydrogens (tertiary/aromatic N) is 1. The van der Waals surface area contributed by atoms with E-state index in [0.29, 0.717) is 11.8 Å². The summed E-state index contributed by atoms with van der Waals surface area (Å²) in [6.45, 7) is 8.17. The van der Waals surface area contributed by atoms with Gasteiger partial charge in [-0.1, -0.05) is 20.3 Å². The average Bonchev–Trinajstić information content (AvgIpc) is 2.71. The number of hydrogen-bond acceptors (Lipinski definition) is 2. The van der Waals surface area contributed by atoms with E-state index in [9.17, 15) is 4.79 Å². The fourth-order valence-electron chi connectivity index (χ4n) is 2.38. The smallest absolute Gasteiger partial charge is 0.225 e. The fraction of sp³-hybridized carbons (Fsp3) is 0.923. The van der Waals surface area contributed by atoms with Crippen LogP contribution in [0.3, 0.4) is 0 Å². The van der Waals surface area contributed by atoms with E-state index in [-0.39, 0.29) is 24.4 Å². The highest BCUT2D eigenvalue weighted by Crippen LogP contribution is 2.26. The molecule has 1 aliphatic carbocycles. The molecule has 3 nitrogen and oxygen atoms in total. The predicted molar refractivity (Wildman–Crippen MR) is 74.3 cm³/mol. The lowest BCUT2D eigenvalue weighted by atomic mass is 10.0. The largest absolute Gasteiger partial charge is 0.342 e. The highest BCUT2D eigenvalue weighted by atomic mass is 35.5. The lowest BCUT2D eigenvalue weighted by Crippen LogP contribution is -2.38. The van der Waals surface area contributed by atoms with Gasteiger partial charge in [-0.2, -0.15) is 0 Å². The summed E-state index contributed by atoms with van der Waals surface area (Å²) in [5.41, 5.74) is 5.86. The molecule has 1 rings (SSSR count). The minimum absolute atomic E-state index is 0. The molecule has 0 bridgehead atoms. The second kappa shape index (κ2) is 7.93. The van der Waals surface area contributed by atoms with Crippen LogP contribution in [0.25, 0.3) is 0 Å². The van der Waals surface area contributed by atoms with Crippen molar-refractivity contribution < 1.29 is 4.79 Å². The summed E-state index contributed by atoms with van der Waals surface area (Å²) in [6, 6.07) is 0.247. The van der Waals surface area contributed by atoms with Crippen LogP contribution in [-0.2, 0) is 4.79 Å². The van der Waals surface area contributed by atoms with Crippen LogP contribution in [0.1, 0.15) is 46.5 Å². The number of nitrogens with two attached hydrogens (primary N) is 1. The fourth-order valence-corrected chi connectivity index (χ4v) is 2.38. The first kappa shape index (κ1) is 16.7. The maximum Gasteiger partial charge on any atom is 0.225 e. The van der Waals surface area contributed by atoms with E-state index in [1.54, 1.807) is 0 Å². The normalized spacial score (nSPS) is 25.2. The van der Waals surface area contributed by atoms with Crippen LogP contribution in [0.2, 0.25) is 0 Å². The van der Waals surface area contributed by atoms with E-state index in [4.69, 9.17) is 5.73 Å². The Kier molecular flexibility index (Phi) is 7.80. The summed E-state index contributed by atoms with van der Waals surface area (Å²) < 4.78 is 0. The van der Waals surface area contributed by atoms with E-state index in [1.807, 2.05) is 4.90 Å². The number of carbonyl (C=O) groups is 1. The van der Waals surface area contributed by atoms with Crippen LogP contribution >= 0.6 is 12.4 Å². The van der Waals surface area contributed by atoms with E-state index in [0.717, 1.165) is 38.8 Å². The van der Waals surface area contributed by atoms with Gasteiger partial charge in [0.15, 0.2) is 0 Å². The number of amides is 1. The number of halogens is 1. The molecule has 0 heterocycles. The maximum absolute atomic E-state index is 12.2. The Hall–Kier alpha value is -0.280. The van der Waals surface area contributed by atoms with Gasteiger partial charge in [-0.05, 0) is 32.1 Å². The van der Waals surface area contributed by atoms with Crippen LogP contribution in [0.4, 0.5) is 0 Å². The van der Waals surface area contributed by atoms with Gasteiger partial charge in [-0.15, -0.1) is 12.4 Å². The Balaban J connectivity index is 0.00000256. The lowest BCUT2D eigenvalue weighted by molar-refractivity contribution is -0.135. The second-order valence-corrected chi connectivity index (χ2v) is 5.16. The molecule has 2 N–H and O–H groups in total. The summed E-state index contributed by atoms with van der Waals surface area (Å²) in [6.07, 6.45) is 4.01. The third-order valence-electron chi connectivity index (χ3n) is 3.74. The molecule has 1 saturated carbocycles. The average molecular weight is 263 g/mol. The molecule has 0 aromatic rings. The molecule has 0 aromatic heterocycles. The van der Waals surface area contributed by atoms with E-state index < -0.39 is 0 Å². The Morgan fingerprint density at radius 2 is 2.06 bits per heavy atom. The van der Waals surface area contributed by atoms with Crippen molar-refractivity contribution in [2.75, 3.05) is 13.1 Å². The summed E-state index contributed by atoms with van der Waals surface area (Å²) >= 11 is 0. The summed E-state index contributed by atoms with van der Waals surface area (Å²) in [5.74, 6) is 1.12. The van der Waals surface area contributed by atoms with Gasteiger partial charge >= 0.3 is 0 Å². The minimum Gasteiger partial charge on any atom is -0.342 e. The highest BCUT2D eigenvalue weighted by Gasteiger charge is 2.30. The van der Waals surface area contributed by atoms with Crippen molar-refractivity contribution in [1.82, 2.24) is 4.90 Å². The zero-order valence-corrected chi connectivity index (χ0v) is 12.1. The molecule has 17 heavy (non-hydrogen) atoms. The van der Waals surface area contributed by atoms with Gasteiger partial charge in [0.1, 0.15) is 0 Å². The van der Waals surface area contributed by atoms with Gasteiger partial charge in [0.25, 0.3) is 0 Å². The molecule has 1 aliphatic rings. The SMILES string of the molecule is CCC(C)CN(CC)C(=O)C1CCC(N)C1.Cl. The molecule has 0 aliphatic heterocycles. The molecular formula is C13H27ClN2O. The third kappa shape index (κ3) is 4.84. The van der Waals surface area contributed by atoms with Crippen LogP contribution in [0.15, 0.2) is 0 Å². The van der Waals surface area contributed by atoms with E-state index in [2.05, 4.69) is 20.8 Å². The zero-order valence-electron chi connectivity index (χ0n) is 11.3. The summed E-state index contributed by atoms with van der Waals surface area (Å²) in [4.78, 5) is 14.3. The van der Waals surface area contributed by atoms with Crippen molar-refractivity contribution in [3.8, 4) is 0 Å². The minimum atomic E-state index is 0. The third-order valence-corrected chi connectivity index (χ3v) is 3.74. The monoisotopic (exact) mass is 262 g/mol. The Labute approximate surface area is 112 Å². The van der Waals surface area contributed by atoms with Gasteiger partial charge in [0.2, 0.25) is 5.91 Å². The molecule has 3 atom stereocenters. The van der Waals surface area contributed by atoms with Crippen molar-refractivity contribution in [3.63, 3.8) is 0 Å². The summed E-state index contributed by atoms with van der Waals surface area (Å²) in [5, 5.41) is 0. The predicted octanol–water partition coefficient (Wildman–Crippen LogP) is 2.43.